The highest BCUT2D eigenvalue weighted by Crippen LogP contribution is 2.29. The molecule has 24 heavy (non-hydrogen) atoms. The fourth-order valence-electron chi connectivity index (χ4n) is 2.09. The SMILES string of the molecule is O=C(Nc1ccc(C(=O)NC2CC2)cc1)Nc1cccc(Cl)c1Cl. The molecule has 0 heterocycles. The second-order valence-electron chi connectivity index (χ2n) is 5.51. The minimum absolute atomic E-state index is 0.0980. The number of amides is 3. The van der Waals surface area contributed by atoms with E-state index in [1.165, 1.54) is 0 Å². The van der Waals surface area contributed by atoms with Crippen molar-refractivity contribution in [1.82, 2.24) is 5.32 Å². The predicted octanol–water partition coefficient (Wildman–Crippen LogP) is 4.53. The Morgan fingerprint density at radius 2 is 1.67 bits per heavy atom. The molecule has 0 bridgehead atoms. The lowest BCUT2D eigenvalue weighted by atomic mass is 10.2. The number of carbonyl (C=O) groups is 2. The molecule has 1 fully saturated rings. The van der Waals surface area contributed by atoms with Gasteiger partial charge in [0.15, 0.2) is 0 Å². The van der Waals surface area contributed by atoms with Crippen LogP contribution < -0.4 is 16.0 Å². The van der Waals surface area contributed by atoms with Gasteiger partial charge in [0.2, 0.25) is 0 Å². The first-order chi connectivity index (χ1) is 11.5. The van der Waals surface area contributed by atoms with Crippen LogP contribution in [0.2, 0.25) is 10.0 Å². The van der Waals surface area contributed by atoms with Gasteiger partial charge >= 0.3 is 6.03 Å². The number of hydrogen-bond donors (Lipinski definition) is 3. The molecule has 0 saturated heterocycles. The van der Waals surface area contributed by atoms with Crippen LogP contribution in [0.3, 0.4) is 0 Å². The van der Waals surface area contributed by atoms with Crippen LogP contribution in [-0.2, 0) is 0 Å². The zero-order chi connectivity index (χ0) is 17.1. The van der Waals surface area contributed by atoms with Crippen LogP contribution in [0.15, 0.2) is 42.5 Å². The number of carbonyl (C=O) groups excluding carboxylic acids is 2. The van der Waals surface area contributed by atoms with E-state index in [0.717, 1.165) is 12.8 Å². The molecule has 0 radical (unpaired) electrons. The number of hydrogen-bond acceptors (Lipinski definition) is 2. The summed E-state index contributed by atoms with van der Waals surface area (Å²) < 4.78 is 0. The molecular weight excluding hydrogens is 349 g/mol. The summed E-state index contributed by atoms with van der Waals surface area (Å²) in [5.41, 5.74) is 1.54. The smallest absolute Gasteiger partial charge is 0.323 e. The molecule has 3 amide bonds. The van der Waals surface area contributed by atoms with Crippen molar-refractivity contribution >= 4 is 46.5 Å². The lowest BCUT2D eigenvalue weighted by Gasteiger charge is -2.10. The maximum atomic E-state index is 12.0. The molecule has 0 atom stereocenters. The highest BCUT2D eigenvalue weighted by Gasteiger charge is 2.23. The van der Waals surface area contributed by atoms with Gasteiger partial charge in [-0.1, -0.05) is 29.3 Å². The number of anilines is 2. The van der Waals surface area contributed by atoms with E-state index in [1.807, 2.05) is 0 Å². The summed E-state index contributed by atoms with van der Waals surface area (Å²) in [5.74, 6) is -0.0980. The van der Waals surface area contributed by atoms with Crippen molar-refractivity contribution in [2.75, 3.05) is 10.6 Å². The van der Waals surface area contributed by atoms with Crippen LogP contribution in [0.25, 0.3) is 0 Å². The van der Waals surface area contributed by atoms with E-state index in [0.29, 0.717) is 28.0 Å². The Morgan fingerprint density at radius 3 is 2.33 bits per heavy atom. The summed E-state index contributed by atoms with van der Waals surface area (Å²) in [6, 6.07) is 11.5. The summed E-state index contributed by atoms with van der Waals surface area (Å²) in [6.45, 7) is 0. The van der Waals surface area contributed by atoms with Gasteiger partial charge in [0.25, 0.3) is 5.91 Å². The van der Waals surface area contributed by atoms with E-state index >= 15 is 0 Å². The van der Waals surface area contributed by atoms with Crippen LogP contribution in [0, 0.1) is 0 Å². The molecule has 2 aromatic rings. The maximum absolute atomic E-state index is 12.0. The van der Waals surface area contributed by atoms with Crippen molar-refractivity contribution in [3.05, 3.63) is 58.1 Å². The van der Waals surface area contributed by atoms with E-state index in [9.17, 15) is 9.59 Å². The fraction of sp³-hybridized carbons (Fsp3) is 0.176. The molecule has 3 N–H and O–H groups in total. The Hall–Kier alpha value is -2.24. The number of halogens is 2. The minimum atomic E-state index is -0.450. The largest absolute Gasteiger partial charge is 0.349 e. The van der Waals surface area contributed by atoms with Crippen LogP contribution in [0.1, 0.15) is 23.2 Å². The number of urea groups is 1. The second-order valence-corrected chi connectivity index (χ2v) is 6.29. The quantitative estimate of drug-likeness (QED) is 0.746. The Bertz CT molecular complexity index is 774. The van der Waals surface area contributed by atoms with Crippen LogP contribution in [0.5, 0.6) is 0 Å². The summed E-state index contributed by atoms with van der Waals surface area (Å²) in [5, 5.41) is 8.85. The number of nitrogens with one attached hydrogen (secondary N) is 3. The van der Waals surface area contributed by atoms with Crippen molar-refractivity contribution in [3.63, 3.8) is 0 Å². The maximum Gasteiger partial charge on any atom is 0.323 e. The van der Waals surface area contributed by atoms with Gasteiger partial charge in [-0.25, -0.2) is 4.79 Å². The van der Waals surface area contributed by atoms with Gasteiger partial charge in [0, 0.05) is 17.3 Å². The summed E-state index contributed by atoms with van der Waals surface area (Å²) >= 11 is 11.9. The molecule has 0 aliphatic heterocycles. The average Bonchev–Trinajstić information content (AvgIpc) is 3.36. The van der Waals surface area contributed by atoms with Gasteiger partial charge in [-0.05, 0) is 49.2 Å². The van der Waals surface area contributed by atoms with Crippen molar-refractivity contribution in [2.45, 2.75) is 18.9 Å². The highest BCUT2D eigenvalue weighted by molar-refractivity contribution is 6.44. The summed E-state index contributed by atoms with van der Waals surface area (Å²) in [7, 11) is 0. The van der Waals surface area contributed by atoms with Gasteiger partial charge in [-0.3, -0.25) is 4.79 Å². The topological polar surface area (TPSA) is 70.2 Å². The molecule has 1 saturated carbocycles. The normalized spacial score (nSPS) is 13.2. The van der Waals surface area contributed by atoms with E-state index in [-0.39, 0.29) is 10.9 Å². The van der Waals surface area contributed by atoms with Crippen LogP contribution in [0.4, 0.5) is 16.2 Å². The third kappa shape index (κ3) is 4.19. The molecule has 3 rings (SSSR count). The summed E-state index contributed by atoms with van der Waals surface area (Å²) in [6.07, 6.45) is 2.08. The number of benzene rings is 2. The molecule has 124 valence electrons. The first-order valence-corrected chi connectivity index (χ1v) is 8.21. The molecule has 0 spiro atoms. The number of rotatable bonds is 4. The Kier molecular flexibility index (Phi) is 4.92. The van der Waals surface area contributed by atoms with Gasteiger partial charge in [-0.2, -0.15) is 0 Å². The first kappa shape index (κ1) is 16.6. The zero-order valence-corrected chi connectivity index (χ0v) is 14.1. The lowest BCUT2D eigenvalue weighted by molar-refractivity contribution is 0.0951. The Balaban J connectivity index is 1.59. The van der Waals surface area contributed by atoms with E-state index < -0.39 is 6.03 Å². The third-order valence-electron chi connectivity index (χ3n) is 3.52. The molecule has 2 aromatic carbocycles. The third-order valence-corrected chi connectivity index (χ3v) is 4.34. The zero-order valence-electron chi connectivity index (χ0n) is 12.6. The van der Waals surface area contributed by atoms with Crippen molar-refractivity contribution < 1.29 is 9.59 Å². The van der Waals surface area contributed by atoms with E-state index in [1.54, 1.807) is 42.5 Å². The lowest BCUT2D eigenvalue weighted by Crippen LogP contribution is -2.25. The molecule has 7 heteroatoms. The second kappa shape index (κ2) is 7.11. The van der Waals surface area contributed by atoms with Crippen molar-refractivity contribution in [1.29, 1.82) is 0 Å². The molecule has 1 aliphatic rings. The Morgan fingerprint density at radius 1 is 0.958 bits per heavy atom. The van der Waals surface area contributed by atoms with Gasteiger partial charge < -0.3 is 16.0 Å². The highest BCUT2D eigenvalue weighted by atomic mass is 35.5. The van der Waals surface area contributed by atoms with Gasteiger partial charge in [0.1, 0.15) is 0 Å². The van der Waals surface area contributed by atoms with Crippen LogP contribution in [-0.4, -0.2) is 18.0 Å². The first-order valence-electron chi connectivity index (χ1n) is 7.46. The standard InChI is InChI=1S/C17H15Cl2N3O2/c18-13-2-1-3-14(15(13)19)22-17(24)21-12-6-4-10(5-7-12)16(23)20-11-8-9-11/h1-7,11H,8-9H2,(H,20,23)(H2,21,22,24). The average molecular weight is 364 g/mol. The van der Waals surface area contributed by atoms with E-state index in [2.05, 4.69) is 16.0 Å². The van der Waals surface area contributed by atoms with E-state index in [4.69, 9.17) is 23.2 Å². The van der Waals surface area contributed by atoms with Crippen LogP contribution >= 0.6 is 23.2 Å². The predicted molar refractivity (Wildman–Crippen MR) is 96.0 cm³/mol. The van der Waals surface area contributed by atoms with Gasteiger partial charge in [-0.15, -0.1) is 0 Å². The van der Waals surface area contributed by atoms with Crippen molar-refractivity contribution in [3.8, 4) is 0 Å². The molecule has 5 nitrogen and oxygen atoms in total. The summed E-state index contributed by atoms with van der Waals surface area (Å²) in [4.78, 5) is 23.9. The monoisotopic (exact) mass is 363 g/mol. The minimum Gasteiger partial charge on any atom is -0.349 e. The molecule has 0 unspecified atom stereocenters. The molecular formula is C17H15Cl2N3O2. The Labute approximate surface area is 149 Å². The van der Waals surface area contributed by atoms with Crippen molar-refractivity contribution in [2.24, 2.45) is 0 Å². The molecule has 1 aliphatic carbocycles. The van der Waals surface area contributed by atoms with Gasteiger partial charge in [0.05, 0.1) is 15.7 Å². The fourth-order valence-corrected chi connectivity index (χ4v) is 2.43. The molecule has 0 aromatic heterocycles.